The van der Waals surface area contributed by atoms with Crippen LogP contribution < -0.4 is 0 Å². The summed E-state index contributed by atoms with van der Waals surface area (Å²) in [5.74, 6) is -3.34. The van der Waals surface area contributed by atoms with E-state index >= 15 is 0 Å². The molecular weight excluding hydrogens is 456 g/mol. The second-order valence-electron chi connectivity index (χ2n) is 9.22. The zero-order valence-corrected chi connectivity index (χ0v) is 20.1. The summed E-state index contributed by atoms with van der Waals surface area (Å²) < 4.78 is 70.3. The molecule has 1 heterocycles. The fourth-order valence-corrected chi connectivity index (χ4v) is 4.35. The van der Waals surface area contributed by atoms with Gasteiger partial charge >= 0.3 is 0 Å². The predicted molar refractivity (Wildman–Crippen MR) is 129 cm³/mol. The molecule has 186 valence electrons. The summed E-state index contributed by atoms with van der Waals surface area (Å²) in [6.45, 7) is 5.12. The smallest absolute Gasteiger partial charge is 0.167 e. The maximum absolute atomic E-state index is 15.0. The monoisotopic (exact) mass is 486 g/mol. The van der Waals surface area contributed by atoms with Gasteiger partial charge in [0.2, 0.25) is 0 Å². The van der Waals surface area contributed by atoms with Crippen LogP contribution in [0, 0.1) is 29.2 Å². The van der Waals surface area contributed by atoms with Gasteiger partial charge in [0, 0.05) is 35.5 Å². The summed E-state index contributed by atoms with van der Waals surface area (Å²) in [5, 5.41) is 0. The van der Waals surface area contributed by atoms with Gasteiger partial charge in [-0.25, -0.2) is 17.6 Å². The van der Waals surface area contributed by atoms with Gasteiger partial charge in [0.15, 0.2) is 23.3 Å². The van der Waals surface area contributed by atoms with Crippen molar-refractivity contribution in [3.05, 3.63) is 82.9 Å². The lowest BCUT2D eigenvalue weighted by atomic mass is 9.93. The fourth-order valence-electron chi connectivity index (χ4n) is 4.35. The molecule has 3 aromatic rings. The Kier molecular flexibility index (Phi) is 8.24. The number of ether oxygens (including phenoxy) is 2. The van der Waals surface area contributed by atoms with Crippen molar-refractivity contribution < 1.29 is 27.0 Å². The van der Waals surface area contributed by atoms with Crippen LogP contribution in [-0.2, 0) is 16.1 Å². The molecule has 1 saturated heterocycles. The van der Waals surface area contributed by atoms with Gasteiger partial charge in [-0.2, -0.15) is 0 Å². The molecule has 0 N–H and O–H groups in total. The Morgan fingerprint density at radius 2 is 1.43 bits per heavy atom. The van der Waals surface area contributed by atoms with E-state index < -0.39 is 29.4 Å². The molecule has 4 rings (SSSR count). The van der Waals surface area contributed by atoms with Crippen molar-refractivity contribution in [2.24, 2.45) is 5.92 Å². The van der Waals surface area contributed by atoms with Gasteiger partial charge in [0.05, 0.1) is 12.7 Å². The van der Waals surface area contributed by atoms with Crippen LogP contribution in [0.4, 0.5) is 17.6 Å². The molecule has 0 spiro atoms. The number of rotatable bonds is 8. The highest BCUT2D eigenvalue weighted by molar-refractivity contribution is 5.71. The van der Waals surface area contributed by atoms with Gasteiger partial charge in [-0.15, -0.1) is 0 Å². The van der Waals surface area contributed by atoms with Crippen LogP contribution in [-0.4, -0.2) is 13.2 Å². The first-order chi connectivity index (χ1) is 16.9. The molecule has 3 aromatic carbocycles. The van der Waals surface area contributed by atoms with Crippen molar-refractivity contribution >= 4 is 0 Å². The zero-order chi connectivity index (χ0) is 24.9. The highest BCUT2D eigenvalue weighted by Gasteiger charge is 2.26. The molecule has 2 unspecified atom stereocenters. The summed E-state index contributed by atoms with van der Waals surface area (Å²) in [6.07, 6.45) is 2.92. The van der Waals surface area contributed by atoms with Crippen LogP contribution in [0.15, 0.2) is 48.5 Å². The van der Waals surface area contributed by atoms with Crippen LogP contribution in [0.1, 0.15) is 56.8 Å². The minimum absolute atomic E-state index is 0.00767. The second kappa shape index (κ2) is 11.4. The molecule has 0 amide bonds. The van der Waals surface area contributed by atoms with Crippen LogP contribution in [0.3, 0.4) is 0 Å². The Bertz CT molecular complexity index is 1150. The normalized spacial score (nSPS) is 18.1. The lowest BCUT2D eigenvalue weighted by Gasteiger charge is -2.27. The highest BCUT2D eigenvalue weighted by Crippen LogP contribution is 2.36. The topological polar surface area (TPSA) is 18.5 Å². The van der Waals surface area contributed by atoms with E-state index in [4.69, 9.17) is 9.47 Å². The van der Waals surface area contributed by atoms with E-state index in [0.29, 0.717) is 36.7 Å². The van der Waals surface area contributed by atoms with Gasteiger partial charge in [0.25, 0.3) is 0 Å². The third-order valence-electron chi connectivity index (χ3n) is 6.53. The van der Waals surface area contributed by atoms with Crippen molar-refractivity contribution in [1.29, 1.82) is 0 Å². The summed E-state index contributed by atoms with van der Waals surface area (Å²) >= 11 is 0. The van der Waals surface area contributed by atoms with Crippen molar-refractivity contribution in [1.82, 2.24) is 0 Å². The Morgan fingerprint density at radius 3 is 2.03 bits per heavy atom. The first-order valence-corrected chi connectivity index (χ1v) is 12.2. The van der Waals surface area contributed by atoms with Crippen molar-refractivity contribution in [3.8, 4) is 22.3 Å². The van der Waals surface area contributed by atoms with Gasteiger partial charge in [-0.05, 0) is 36.3 Å². The molecule has 0 bridgehead atoms. The maximum atomic E-state index is 15.0. The SMILES string of the molecule is CCCCOCc1ccc(-c2ccc(-c3ccc(C4CCC(C)CO4)c(F)c3F)cc2)c(F)c1F. The number of hydrogen-bond acceptors (Lipinski definition) is 2. The van der Waals surface area contributed by atoms with Crippen LogP contribution in [0.25, 0.3) is 22.3 Å². The van der Waals surface area contributed by atoms with E-state index in [1.54, 1.807) is 30.3 Å². The fraction of sp³-hybridized carbons (Fsp3) is 0.379. The lowest BCUT2D eigenvalue weighted by Crippen LogP contribution is -2.19. The van der Waals surface area contributed by atoms with Crippen molar-refractivity contribution in [2.45, 2.75) is 52.2 Å². The molecule has 0 aromatic heterocycles. The first-order valence-electron chi connectivity index (χ1n) is 12.2. The summed E-state index contributed by atoms with van der Waals surface area (Å²) in [4.78, 5) is 0. The maximum Gasteiger partial charge on any atom is 0.167 e. The first kappa shape index (κ1) is 25.4. The number of halogens is 4. The Labute approximate surface area is 203 Å². The molecular formula is C29H30F4O2. The van der Waals surface area contributed by atoms with Crippen LogP contribution in [0.2, 0.25) is 0 Å². The average Bonchev–Trinajstić information content (AvgIpc) is 2.87. The van der Waals surface area contributed by atoms with E-state index in [2.05, 4.69) is 6.92 Å². The molecule has 0 radical (unpaired) electrons. The van der Waals surface area contributed by atoms with Crippen molar-refractivity contribution in [3.63, 3.8) is 0 Å². The largest absolute Gasteiger partial charge is 0.377 e. The Balaban J connectivity index is 1.53. The van der Waals surface area contributed by atoms with Gasteiger partial charge in [-0.3, -0.25) is 0 Å². The number of unbranched alkanes of at least 4 members (excludes halogenated alkanes) is 1. The van der Waals surface area contributed by atoms with Gasteiger partial charge in [0.1, 0.15) is 0 Å². The zero-order valence-electron chi connectivity index (χ0n) is 20.1. The summed E-state index contributed by atoms with van der Waals surface area (Å²) in [5.41, 5.74) is 1.46. The minimum atomic E-state index is -0.960. The Hall–Kier alpha value is -2.70. The van der Waals surface area contributed by atoms with Gasteiger partial charge < -0.3 is 9.47 Å². The van der Waals surface area contributed by atoms with Gasteiger partial charge in [-0.1, -0.05) is 68.8 Å². The standard InChI is InChI=1S/C29H30F4O2/c1-3-4-15-34-17-21-10-11-22(27(31)26(21)30)19-6-8-20(9-7-19)23-12-13-24(29(33)28(23)32)25-14-5-18(2)16-35-25/h6-13,18,25H,3-5,14-17H2,1-2H3. The second-order valence-corrected chi connectivity index (χ2v) is 9.22. The molecule has 0 aliphatic carbocycles. The van der Waals surface area contributed by atoms with E-state index in [0.717, 1.165) is 19.3 Å². The minimum Gasteiger partial charge on any atom is -0.377 e. The van der Waals surface area contributed by atoms with E-state index in [1.807, 2.05) is 6.92 Å². The third-order valence-corrected chi connectivity index (χ3v) is 6.53. The average molecular weight is 487 g/mol. The molecule has 1 aliphatic heterocycles. The molecule has 2 nitrogen and oxygen atoms in total. The van der Waals surface area contributed by atoms with Crippen LogP contribution in [0.5, 0.6) is 0 Å². The molecule has 0 saturated carbocycles. The highest BCUT2D eigenvalue weighted by atomic mass is 19.2. The lowest BCUT2D eigenvalue weighted by molar-refractivity contribution is -0.0144. The number of benzene rings is 3. The number of hydrogen-bond donors (Lipinski definition) is 0. The summed E-state index contributed by atoms with van der Waals surface area (Å²) in [6, 6.07) is 12.4. The van der Waals surface area contributed by atoms with E-state index in [-0.39, 0.29) is 28.9 Å². The quantitative estimate of drug-likeness (QED) is 0.235. The predicted octanol–water partition coefficient (Wildman–Crippen LogP) is 8.38. The molecule has 1 fully saturated rings. The third kappa shape index (κ3) is 5.60. The molecule has 1 aliphatic rings. The van der Waals surface area contributed by atoms with E-state index in [1.165, 1.54) is 18.2 Å². The summed E-state index contributed by atoms with van der Waals surface area (Å²) in [7, 11) is 0. The Morgan fingerprint density at radius 1 is 0.800 bits per heavy atom. The van der Waals surface area contributed by atoms with Crippen LogP contribution >= 0.6 is 0 Å². The van der Waals surface area contributed by atoms with Crippen molar-refractivity contribution in [2.75, 3.05) is 13.2 Å². The van der Waals surface area contributed by atoms with E-state index in [9.17, 15) is 17.6 Å². The molecule has 2 atom stereocenters. The molecule has 6 heteroatoms. The molecule has 35 heavy (non-hydrogen) atoms.